The summed E-state index contributed by atoms with van der Waals surface area (Å²) in [5, 5.41) is 37.5. The molecule has 0 unspecified atom stereocenters. The van der Waals surface area contributed by atoms with Crippen molar-refractivity contribution in [2.24, 2.45) is 5.41 Å². The predicted molar refractivity (Wildman–Crippen MR) is 117 cm³/mol. The van der Waals surface area contributed by atoms with Gasteiger partial charge in [0, 0.05) is 6.42 Å². The summed E-state index contributed by atoms with van der Waals surface area (Å²) in [5.41, 5.74) is 1.44. The summed E-state index contributed by atoms with van der Waals surface area (Å²) in [5.74, 6) is -1.69. The number of carbonyl (C=O) groups is 2. The highest BCUT2D eigenvalue weighted by molar-refractivity contribution is 5.73. The third-order valence-corrected chi connectivity index (χ3v) is 5.71. The number of aromatic hydroxyl groups is 2. The molecule has 0 atom stereocenters. The minimum Gasteiger partial charge on any atom is -0.504 e. The van der Waals surface area contributed by atoms with Crippen molar-refractivity contribution in [1.29, 1.82) is 0 Å². The van der Waals surface area contributed by atoms with Crippen molar-refractivity contribution in [2.75, 3.05) is 0 Å². The van der Waals surface area contributed by atoms with Crippen LogP contribution in [0.1, 0.15) is 95.6 Å². The highest BCUT2D eigenvalue weighted by Crippen LogP contribution is 2.31. The monoisotopic (exact) mass is 422 g/mol. The van der Waals surface area contributed by atoms with Gasteiger partial charge in [0.15, 0.2) is 11.5 Å². The number of carboxylic acid groups (broad SMARTS) is 2. The molecular formula is C24H38O6. The number of hydrogen-bond donors (Lipinski definition) is 4. The van der Waals surface area contributed by atoms with E-state index in [0.29, 0.717) is 12.8 Å². The van der Waals surface area contributed by atoms with Crippen molar-refractivity contribution in [2.45, 2.75) is 97.3 Å². The lowest BCUT2D eigenvalue weighted by atomic mass is 9.87. The van der Waals surface area contributed by atoms with Gasteiger partial charge in [-0.1, -0.05) is 38.5 Å². The number of phenolic OH excluding ortho intramolecular Hbond substituents is 2. The molecule has 0 heterocycles. The Morgan fingerprint density at radius 3 is 1.63 bits per heavy atom. The predicted octanol–water partition coefficient (Wildman–Crippen LogP) is 5.67. The summed E-state index contributed by atoms with van der Waals surface area (Å²) < 4.78 is 0. The van der Waals surface area contributed by atoms with Gasteiger partial charge in [-0.2, -0.15) is 0 Å². The third-order valence-electron chi connectivity index (χ3n) is 5.71. The second kappa shape index (κ2) is 13.1. The van der Waals surface area contributed by atoms with Crippen LogP contribution in [0.5, 0.6) is 11.5 Å². The summed E-state index contributed by atoms with van der Waals surface area (Å²) in [6.45, 7) is 3.51. The fourth-order valence-electron chi connectivity index (χ4n) is 3.59. The standard InChI is InChI=1S/C24H38O6/c1-24(2,23(29)30)15-11-7-6-9-13-19-17-21(26)20(25)16-18(19)12-8-4-3-5-10-14-22(27)28/h16-17,25-26H,3-15H2,1-2H3,(H,27,28)(H,29,30). The fraction of sp³-hybridized carbons (Fsp3) is 0.667. The number of benzene rings is 1. The summed E-state index contributed by atoms with van der Waals surface area (Å²) >= 11 is 0. The van der Waals surface area contributed by atoms with Gasteiger partial charge in [0.1, 0.15) is 0 Å². The van der Waals surface area contributed by atoms with Gasteiger partial charge in [-0.05, 0) is 75.6 Å². The second-order valence-electron chi connectivity index (χ2n) is 8.87. The Hall–Kier alpha value is -2.24. The molecule has 0 bridgehead atoms. The van der Waals surface area contributed by atoms with E-state index < -0.39 is 17.4 Å². The van der Waals surface area contributed by atoms with E-state index in [4.69, 9.17) is 10.2 Å². The van der Waals surface area contributed by atoms with E-state index in [1.807, 2.05) is 0 Å². The SMILES string of the molecule is CC(C)(CCCCCCc1cc(O)c(O)cc1CCCCCCCC(=O)O)C(=O)O. The Bertz CT molecular complexity index is 681. The van der Waals surface area contributed by atoms with Gasteiger partial charge in [-0.15, -0.1) is 0 Å². The van der Waals surface area contributed by atoms with Gasteiger partial charge in [0.05, 0.1) is 5.41 Å². The van der Waals surface area contributed by atoms with Crippen LogP contribution in [-0.4, -0.2) is 32.4 Å². The number of phenols is 2. The Labute approximate surface area is 180 Å². The van der Waals surface area contributed by atoms with E-state index >= 15 is 0 Å². The Morgan fingerprint density at radius 2 is 1.17 bits per heavy atom. The molecule has 1 aromatic rings. The molecule has 0 radical (unpaired) electrons. The van der Waals surface area contributed by atoms with Crippen molar-refractivity contribution in [3.05, 3.63) is 23.3 Å². The molecule has 1 rings (SSSR count). The normalized spacial score (nSPS) is 11.5. The van der Waals surface area contributed by atoms with E-state index in [1.165, 1.54) is 0 Å². The van der Waals surface area contributed by atoms with Crippen LogP contribution in [0.2, 0.25) is 0 Å². The minimum absolute atomic E-state index is 0.0916. The molecule has 4 N–H and O–H groups in total. The van der Waals surface area contributed by atoms with E-state index in [2.05, 4.69) is 0 Å². The molecule has 0 aliphatic heterocycles. The maximum absolute atomic E-state index is 11.1. The maximum Gasteiger partial charge on any atom is 0.309 e. The first kappa shape index (κ1) is 25.8. The molecule has 0 saturated heterocycles. The van der Waals surface area contributed by atoms with Gasteiger partial charge < -0.3 is 20.4 Å². The first-order chi connectivity index (χ1) is 14.1. The molecule has 0 aliphatic rings. The van der Waals surface area contributed by atoms with Crippen LogP contribution in [0.4, 0.5) is 0 Å². The molecule has 6 heteroatoms. The van der Waals surface area contributed by atoms with E-state index in [-0.39, 0.29) is 17.9 Å². The molecule has 0 amide bonds. The number of rotatable bonds is 16. The molecule has 0 spiro atoms. The zero-order chi connectivity index (χ0) is 22.6. The van der Waals surface area contributed by atoms with E-state index in [0.717, 1.165) is 75.3 Å². The highest BCUT2D eigenvalue weighted by atomic mass is 16.4. The molecule has 0 aliphatic carbocycles. The number of aliphatic carboxylic acids is 2. The van der Waals surface area contributed by atoms with Gasteiger partial charge in [-0.25, -0.2) is 0 Å². The first-order valence-corrected chi connectivity index (χ1v) is 11.1. The molecular weight excluding hydrogens is 384 g/mol. The van der Waals surface area contributed by atoms with Gasteiger partial charge in [-0.3, -0.25) is 9.59 Å². The van der Waals surface area contributed by atoms with Crippen LogP contribution in [0.15, 0.2) is 12.1 Å². The topological polar surface area (TPSA) is 115 Å². The third kappa shape index (κ3) is 9.99. The fourth-order valence-corrected chi connectivity index (χ4v) is 3.59. The van der Waals surface area contributed by atoms with E-state index in [9.17, 15) is 19.8 Å². The molecule has 6 nitrogen and oxygen atoms in total. The lowest BCUT2D eigenvalue weighted by Gasteiger charge is -2.18. The quantitative estimate of drug-likeness (QED) is 0.201. The van der Waals surface area contributed by atoms with Crippen LogP contribution >= 0.6 is 0 Å². The number of carboxylic acids is 2. The molecule has 170 valence electrons. The summed E-state index contributed by atoms with van der Waals surface area (Å²) in [6, 6.07) is 3.32. The molecule has 1 aromatic carbocycles. The summed E-state index contributed by atoms with van der Waals surface area (Å²) in [6.07, 6.45) is 11.0. The zero-order valence-corrected chi connectivity index (χ0v) is 18.5. The van der Waals surface area contributed by atoms with Crippen LogP contribution < -0.4 is 0 Å². The Morgan fingerprint density at radius 1 is 0.733 bits per heavy atom. The van der Waals surface area contributed by atoms with Crippen molar-refractivity contribution < 1.29 is 30.0 Å². The molecule has 0 fully saturated rings. The molecule has 0 aromatic heterocycles. The first-order valence-electron chi connectivity index (χ1n) is 11.1. The minimum atomic E-state index is -0.756. The average molecular weight is 423 g/mol. The van der Waals surface area contributed by atoms with Gasteiger partial charge in [0.25, 0.3) is 0 Å². The van der Waals surface area contributed by atoms with Crippen LogP contribution in [-0.2, 0) is 22.4 Å². The smallest absolute Gasteiger partial charge is 0.309 e. The van der Waals surface area contributed by atoms with E-state index in [1.54, 1.807) is 26.0 Å². The van der Waals surface area contributed by atoms with Crippen molar-refractivity contribution in [1.82, 2.24) is 0 Å². The number of aryl methyl sites for hydroxylation is 2. The van der Waals surface area contributed by atoms with Gasteiger partial charge >= 0.3 is 11.9 Å². The van der Waals surface area contributed by atoms with Crippen molar-refractivity contribution >= 4 is 11.9 Å². The van der Waals surface area contributed by atoms with Crippen molar-refractivity contribution in [3.8, 4) is 11.5 Å². The summed E-state index contributed by atoms with van der Waals surface area (Å²) in [7, 11) is 0. The highest BCUT2D eigenvalue weighted by Gasteiger charge is 2.25. The Balaban J connectivity index is 2.39. The lowest BCUT2D eigenvalue weighted by molar-refractivity contribution is -0.147. The molecule has 30 heavy (non-hydrogen) atoms. The van der Waals surface area contributed by atoms with Crippen LogP contribution in [0.3, 0.4) is 0 Å². The average Bonchev–Trinajstić information content (AvgIpc) is 2.66. The lowest BCUT2D eigenvalue weighted by Crippen LogP contribution is -2.23. The Kier molecular flexibility index (Phi) is 11.3. The number of hydrogen-bond acceptors (Lipinski definition) is 4. The van der Waals surface area contributed by atoms with Crippen LogP contribution in [0, 0.1) is 5.41 Å². The van der Waals surface area contributed by atoms with Crippen molar-refractivity contribution in [3.63, 3.8) is 0 Å². The number of unbranched alkanes of at least 4 members (excludes halogenated alkanes) is 7. The molecule has 0 saturated carbocycles. The second-order valence-corrected chi connectivity index (χ2v) is 8.87. The van der Waals surface area contributed by atoms with Gasteiger partial charge in [0.2, 0.25) is 0 Å². The summed E-state index contributed by atoms with van der Waals surface area (Å²) in [4.78, 5) is 21.7. The largest absolute Gasteiger partial charge is 0.504 e. The maximum atomic E-state index is 11.1. The van der Waals surface area contributed by atoms with Crippen LogP contribution in [0.25, 0.3) is 0 Å². The zero-order valence-electron chi connectivity index (χ0n) is 18.5.